The number of hydrogen-bond acceptors (Lipinski definition) is 4. The first-order valence-electron chi connectivity index (χ1n) is 5.51. The van der Waals surface area contributed by atoms with E-state index < -0.39 is 0 Å². The molecule has 0 amide bonds. The molecule has 0 aliphatic carbocycles. The Hall–Kier alpha value is -2.01. The van der Waals surface area contributed by atoms with Gasteiger partial charge in [-0.1, -0.05) is 29.5 Å². The Balaban J connectivity index is 1.79. The molecular formula is C13H10FN3S. The molecule has 0 fully saturated rings. The summed E-state index contributed by atoms with van der Waals surface area (Å²) in [6.45, 7) is 0.430. The Morgan fingerprint density at radius 3 is 2.94 bits per heavy atom. The van der Waals surface area contributed by atoms with E-state index in [0.717, 1.165) is 15.3 Å². The average Bonchev–Trinajstić information content (AvgIpc) is 2.80. The van der Waals surface area contributed by atoms with Crippen LogP contribution in [0.1, 0.15) is 5.56 Å². The maximum atomic E-state index is 13.4. The molecule has 0 saturated carbocycles. The van der Waals surface area contributed by atoms with Gasteiger partial charge in [0.05, 0.1) is 10.9 Å². The lowest BCUT2D eigenvalue weighted by atomic mass is 10.2. The lowest BCUT2D eigenvalue weighted by Crippen LogP contribution is -2.00. The average molecular weight is 259 g/mol. The van der Waals surface area contributed by atoms with Crippen LogP contribution in [0.15, 0.2) is 42.7 Å². The van der Waals surface area contributed by atoms with Gasteiger partial charge in [0.1, 0.15) is 11.3 Å². The van der Waals surface area contributed by atoms with Crippen molar-refractivity contribution in [3.05, 3.63) is 54.1 Å². The molecule has 2 heterocycles. The Morgan fingerprint density at radius 1 is 1.22 bits per heavy atom. The number of anilines is 1. The molecule has 1 N–H and O–H groups in total. The number of rotatable bonds is 3. The van der Waals surface area contributed by atoms with Crippen molar-refractivity contribution in [2.24, 2.45) is 0 Å². The van der Waals surface area contributed by atoms with E-state index in [1.54, 1.807) is 24.5 Å². The smallest absolute Gasteiger partial charge is 0.184 e. The fraction of sp³-hybridized carbons (Fsp3) is 0.0769. The molecule has 3 rings (SSSR count). The van der Waals surface area contributed by atoms with Crippen LogP contribution in [0.5, 0.6) is 0 Å². The molecule has 0 aliphatic rings. The molecule has 18 heavy (non-hydrogen) atoms. The van der Waals surface area contributed by atoms with E-state index in [0.29, 0.717) is 12.1 Å². The number of hydrogen-bond donors (Lipinski definition) is 1. The van der Waals surface area contributed by atoms with Crippen molar-refractivity contribution in [3.8, 4) is 0 Å². The minimum absolute atomic E-state index is 0.201. The number of nitrogens with zero attached hydrogens (tertiary/aromatic N) is 2. The minimum Gasteiger partial charge on any atom is -0.357 e. The fourth-order valence-electron chi connectivity index (χ4n) is 1.67. The first-order chi connectivity index (χ1) is 8.83. The van der Waals surface area contributed by atoms with Gasteiger partial charge in [0.2, 0.25) is 0 Å². The van der Waals surface area contributed by atoms with Crippen molar-refractivity contribution in [3.63, 3.8) is 0 Å². The number of halogens is 1. The Morgan fingerprint density at radius 2 is 2.11 bits per heavy atom. The molecule has 0 radical (unpaired) electrons. The van der Waals surface area contributed by atoms with Crippen LogP contribution in [0.3, 0.4) is 0 Å². The Labute approximate surface area is 107 Å². The van der Waals surface area contributed by atoms with E-state index in [-0.39, 0.29) is 5.82 Å². The van der Waals surface area contributed by atoms with Crippen molar-refractivity contribution in [1.29, 1.82) is 0 Å². The zero-order valence-electron chi connectivity index (χ0n) is 9.43. The van der Waals surface area contributed by atoms with E-state index in [4.69, 9.17) is 0 Å². The van der Waals surface area contributed by atoms with Crippen LogP contribution in [0, 0.1) is 5.82 Å². The summed E-state index contributed by atoms with van der Waals surface area (Å²) in [5.74, 6) is -0.201. The first-order valence-corrected chi connectivity index (χ1v) is 6.32. The van der Waals surface area contributed by atoms with Crippen molar-refractivity contribution in [1.82, 2.24) is 9.97 Å². The van der Waals surface area contributed by atoms with Crippen LogP contribution in [-0.4, -0.2) is 9.97 Å². The third-order valence-electron chi connectivity index (χ3n) is 2.58. The molecule has 0 spiro atoms. The Bertz CT molecular complexity index is 648. The largest absolute Gasteiger partial charge is 0.357 e. The Kier molecular flexibility index (Phi) is 2.90. The number of aromatic nitrogens is 2. The minimum atomic E-state index is -0.201. The van der Waals surface area contributed by atoms with Gasteiger partial charge in [-0.15, -0.1) is 0 Å². The summed E-state index contributed by atoms with van der Waals surface area (Å²) in [6, 6.07) is 8.64. The summed E-state index contributed by atoms with van der Waals surface area (Å²) in [5, 5.41) is 3.91. The van der Waals surface area contributed by atoms with Crippen molar-refractivity contribution in [2.45, 2.75) is 6.54 Å². The highest BCUT2D eigenvalue weighted by Gasteiger charge is 2.04. The van der Waals surface area contributed by atoms with E-state index in [9.17, 15) is 4.39 Å². The van der Waals surface area contributed by atoms with Crippen LogP contribution >= 0.6 is 11.3 Å². The van der Waals surface area contributed by atoms with Crippen LogP contribution in [0.4, 0.5) is 9.52 Å². The van der Waals surface area contributed by atoms with Crippen LogP contribution in [0.25, 0.3) is 10.2 Å². The zero-order chi connectivity index (χ0) is 12.4. The van der Waals surface area contributed by atoms with Gasteiger partial charge in [-0.25, -0.2) is 9.37 Å². The van der Waals surface area contributed by atoms with Gasteiger partial charge in [-0.05, 0) is 12.1 Å². The second-order valence-corrected chi connectivity index (χ2v) is 4.84. The molecule has 1 aromatic carbocycles. The number of fused-ring (bicyclic) bond motifs is 1. The van der Waals surface area contributed by atoms with E-state index >= 15 is 0 Å². The molecule has 0 bridgehead atoms. The third kappa shape index (κ3) is 2.17. The van der Waals surface area contributed by atoms with Crippen LogP contribution in [-0.2, 0) is 6.54 Å². The molecule has 0 unspecified atom stereocenters. The van der Waals surface area contributed by atoms with Crippen molar-refractivity contribution in [2.75, 3.05) is 5.32 Å². The maximum absolute atomic E-state index is 13.4. The van der Waals surface area contributed by atoms with Gasteiger partial charge in [-0.2, -0.15) is 0 Å². The molecule has 2 aromatic heterocycles. The highest BCUT2D eigenvalue weighted by atomic mass is 32.1. The molecular weight excluding hydrogens is 249 g/mol. The predicted octanol–water partition coefficient (Wildman–Crippen LogP) is 3.44. The lowest BCUT2D eigenvalue weighted by molar-refractivity contribution is 0.613. The highest BCUT2D eigenvalue weighted by molar-refractivity contribution is 7.22. The van der Waals surface area contributed by atoms with Gasteiger partial charge in [0, 0.05) is 18.3 Å². The maximum Gasteiger partial charge on any atom is 0.184 e. The van der Waals surface area contributed by atoms with Gasteiger partial charge >= 0.3 is 0 Å². The number of pyridine rings is 1. The molecule has 0 aliphatic heterocycles. The van der Waals surface area contributed by atoms with Crippen molar-refractivity contribution < 1.29 is 4.39 Å². The standard InChI is InChI=1S/C13H10FN3S/c14-10-4-2-1-3-9(10)7-16-13-17-11-8-15-6-5-12(11)18-13/h1-6,8H,7H2,(H,16,17). The highest BCUT2D eigenvalue weighted by Crippen LogP contribution is 2.25. The molecule has 0 atom stereocenters. The normalized spacial score (nSPS) is 10.7. The molecule has 90 valence electrons. The number of thiazole rings is 1. The summed E-state index contributed by atoms with van der Waals surface area (Å²) in [6.07, 6.45) is 3.46. The van der Waals surface area contributed by atoms with E-state index in [1.165, 1.54) is 17.4 Å². The summed E-state index contributed by atoms with van der Waals surface area (Å²) in [5.41, 5.74) is 1.49. The van der Waals surface area contributed by atoms with E-state index in [2.05, 4.69) is 15.3 Å². The van der Waals surface area contributed by atoms with E-state index in [1.807, 2.05) is 12.1 Å². The second-order valence-electron chi connectivity index (χ2n) is 3.81. The van der Waals surface area contributed by atoms with Crippen molar-refractivity contribution >= 4 is 26.7 Å². The summed E-state index contributed by atoms with van der Waals surface area (Å²) < 4.78 is 14.5. The fourth-order valence-corrected chi connectivity index (χ4v) is 2.50. The molecule has 3 aromatic rings. The predicted molar refractivity (Wildman–Crippen MR) is 71.1 cm³/mol. The molecule has 5 heteroatoms. The van der Waals surface area contributed by atoms with Crippen LogP contribution < -0.4 is 5.32 Å². The zero-order valence-corrected chi connectivity index (χ0v) is 10.2. The summed E-state index contributed by atoms with van der Waals surface area (Å²) >= 11 is 1.54. The van der Waals surface area contributed by atoms with Gasteiger partial charge in [0.25, 0.3) is 0 Å². The third-order valence-corrected chi connectivity index (χ3v) is 3.57. The van der Waals surface area contributed by atoms with Gasteiger partial charge < -0.3 is 5.32 Å². The quantitative estimate of drug-likeness (QED) is 0.783. The summed E-state index contributed by atoms with van der Waals surface area (Å²) in [4.78, 5) is 8.39. The lowest BCUT2D eigenvalue weighted by Gasteiger charge is -2.03. The van der Waals surface area contributed by atoms with Crippen LogP contribution in [0.2, 0.25) is 0 Å². The summed E-state index contributed by atoms with van der Waals surface area (Å²) in [7, 11) is 0. The molecule has 3 nitrogen and oxygen atoms in total. The monoisotopic (exact) mass is 259 g/mol. The molecule has 0 saturated heterocycles. The van der Waals surface area contributed by atoms with Gasteiger partial charge in [-0.3, -0.25) is 4.98 Å². The topological polar surface area (TPSA) is 37.8 Å². The number of nitrogens with one attached hydrogen (secondary N) is 1. The SMILES string of the molecule is Fc1ccccc1CNc1nc2cnccc2s1. The van der Waals surface area contributed by atoms with Gasteiger partial charge in [0.15, 0.2) is 5.13 Å². The first kappa shape index (κ1) is 11.1. The second kappa shape index (κ2) is 4.70. The number of benzene rings is 1.